The Morgan fingerprint density at radius 3 is 2.75 bits per heavy atom. The van der Waals surface area contributed by atoms with Crippen molar-refractivity contribution in [1.29, 1.82) is 0 Å². The lowest BCUT2D eigenvalue weighted by molar-refractivity contribution is -0.135. The summed E-state index contributed by atoms with van der Waals surface area (Å²) in [5, 5.41) is 13.5. The van der Waals surface area contributed by atoms with E-state index in [1.165, 1.54) is 10.7 Å². The maximum atomic E-state index is 12.9. The zero-order valence-corrected chi connectivity index (χ0v) is 17.0. The number of aliphatic hydroxyl groups is 1. The van der Waals surface area contributed by atoms with Crippen LogP contribution in [0.25, 0.3) is 0 Å². The first-order chi connectivity index (χ1) is 13.5. The molecule has 2 atom stereocenters. The van der Waals surface area contributed by atoms with E-state index in [0.717, 1.165) is 56.8 Å². The predicted molar refractivity (Wildman–Crippen MR) is 105 cm³/mol. The number of ether oxygens (including phenoxy) is 1. The lowest BCUT2D eigenvalue weighted by Crippen LogP contribution is -2.55. The van der Waals surface area contributed by atoms with Gasteiger partial charge in [-0.2, -0.15) is 5.10 Å². The summed E-state index contributed by atoms with van der Waals surface area (Å²) in [6, 6.07) is 1.95. The minimum atomic E-state index is -0.239. The zero-order valence-electron chi connectivity index (χ0n) is 17.0. The summed E-state index contributed by atoms with van der Waals surface area (Å²) < 4.78 is 6.74. The van der Waals surface area contributed by atoms with Gasteiger partial charge in [0, 0.05) is 44.9 Å². The summed E-state index contributed by atoms with van der Waals surface area (Å²) in [6.07, 6.45) is 2.55. The molecule has 0 unspecified atom stereocenters. The smallest absolute Gasteiger partial charge is 0.267 e. The van der Waals surface area contributed by atoms with Crippen molar-refractivity contribution in [2.24, 2.45) is 5.92 Å². The van der Waals surface area contributed by atoms with Gasteiger partial charge in [0.2, 0.25) is 5.91 Å². The van der Waals surface area contributed by atoms with Gasteiger partial charge >= 0.3 is 0 Å². The van der Waals surface area contributed by atoms with Gasteiger partial charge in [0.05, 0.1) is 18.9 Å². The van der Waals surface area contributed by atoms with E-state index in [-0.39, 0.29) is 24.6 Å². The fourth-order valence-corrected chi connectivity index (χ4v) is 4.29. The average molecular weight is 393 g/mol. The summed E-state index contributed by atoms with van der Waals surface area (Å²) in [7, 11) is 0. The molecule has 0 bridgehead atoms. The monoisotopic (exact) mass is 392 g/mol. The number of aryl methyl sites for hydroxylation is 2. The van der Waals surface area contributed by atoms with Crippen LogP contribution >= 0.6 is 0 Å². The Bertz CT molecular complexity index is 729. The van der Waals surface area contributed by atoms with Crippen molar-refractivity contribution < 1.29 is 14.6 Å². The van der Waals surface area contributed by atoms with Gasteiger partial charge in [0.15, 0.2) is 0 Å². The fraction of sp³-hybridized carbons (Fsp3) is 0.750. The number of nitrogens with zero attached hydrogens (tertiary/aromatic N) is 4. The molecule has 1 aromatic rings. The van der Waals surface area contributed by atoms with Gasteiger partial charge in [-0.1, -0.05) is 0 Å². The number of likely N-dealkylation sites (tertiary alicyclic amines) is 1. The van der Waals surface area contributed by atoms with Crippen LogP contribution < -0.4 is 5.56 Å². The molecule has 8 heteroatoms. The van der Waals surface area contributed by atoms with Gasteiger partial charge in [0.1, 0.15) is 6.54 Å². The number of aliphatic hydroxyl groups excluding tert-OH is 1. The van der Waals surface area contributed by atoms with Gasteiger partial charge in [-0.05, 0) is 44.6 Å². The molecule has 3 heterocycles. The average Bonchev–Trinajstić information content (AvgIpc) is 2.70. The normalized spacial score (nSPS) is 23.8. The maximum Gasteiger partial charge on any atom is 0.267 e. The highest BCUT2D eigenvalue weighted by Crippen LogP contribution is 2.27. The molecule has 1 N–H and O–H groups in total. The molecule has 2 aliphatic heterocycles. The third-order valence-corrected chi connectivity index (χ3v) is 6.02. The van der Waals surface area contributed by atoms with Crippen LogP contribution in [0.1, 0.15) is 30.5 Å². The van der Waals surface area contributed by atoms with Gasteiger partial charge in [-0.3, -0.25) is 14.5 Å². The molecular formula is C20H32N4O4. The highest BCUT2D eigenvalue weighted by Gasteiger charge is 2.35. The minimum Gasteiger partial charge on any atom is -0.396 e. The molecule has 0 saturated carbocycles. The van der Waals surface area contributed by atoms with Crippen molar-refractivity contribution in [2.75, 3.05) is 46.0 Å². The van der Waals surface area contributed by atoms with E-state index in [1.807, 2.05) is 18.7 Å². The molecule has 2 fully saturated rings. The van der Waals surface area contributed by atoms with Crippen molar-refractivity contribution in [3.63, 3.8) is 0 Å². The van der Waals surface area contributed by atoms with Crippen LogP contribution in [0.5, 0.6) is 0 Å². The Morgan fingerprint density at radius 2 is 2.04 bits per heavy atom. The minimum absolute atomic E-state index is 0.0190. The molecule has 1 amide bonds. The molecule has 28 heavy (non-hydrogen) atoms. The first-order valence-electron chi connectivity index (χ1n) is 10.3. The highest BCUT2D eigenvalue weighted by molar-refractivity contribution is 5.76. The Kier molecular flexibility index (Phi) is 7.20. The summed E-state index contributed by atoms with van der Waals surface area (Å²) in [6.45, 7) is 8.56. The molecule has 156 valence electrons. The first kappa shape index (κ1) is 21.0. The molecule has 0 radical (unpaired) electrons. The number of morpholine rings is 1. The molecule has 0 aromatic carbocycles. The van der Waals surface area contributed by atoms with Crippen LogP contribution in [-0.2, 0) is 16.1 Å². The molecule has 0 spiro atoms. The summed E-state index contributed by atoms with van der Waals surface area (Å²) in [4.78, 5) is 29.4. The Morgan fingerprint density at radius 1 is 1.29 bits per heavy atom. The Balaban J connectivity index is 1.66. The first-order valence-corrected chi connectivity index (χ1v) is 10.3. The van der Waals surface area contributed by atoms with Crippen molar-refractivity contribution in [2.45, 2.75) is 45.7 Å². The molecule has 2 aliphatic rings. The van der Waals surface area contributed by atoms with Gasteiger partial charge in [-0.25, -0.2) is 4.68 Å². The molecule has 2 saturated heterocycles. The molecule has 1 aromatic heterocycles. The van der Waals surface area contributed by atoms with Crippen LogP contribution in [-0.4, -0.2) is 82.6 Å². The zero-order chi connectivity index (χ0) is 20.1. The molecule has 0 aliphatic carbocycles. The maximum absolute atomic E-state index is 12.9. The van der Waals surface area contributed by atoms with E-state index in [9.17, 15) is 14.7 Å². The second kappa shape index (κ2) is 9.62. The van der Waals surface area contributed by atoms with E-state index in [0.29, 0.717) is 25.0 Å². The van der Waals surface area contributed by atoms with Crippen molar-refractivity contribution in [1.82, 2.24) is 19.6 Å². The van der Waals surface area contributed by atoms with Gasteiger partial charge in [-0.15, -0.1) is 0 Å². The summed E-state index contributed by atoms with van der Waals surface area (Å²) in [5.41, 5.74) is 1.36. The lowest BCUT2D eigenvalue weighted by atomic mass is 9.86. The van der Waals surface area contributed by atoms with Gasteiger partial charge in [0.25, 0.3) is 5.56 Å². The molecule has 8 nitrogen and oxygen atoms in total. The predicted octanol–water partition coefficient (Wildman–Crippen LogP) is 0.182. The second-order valence-corrected chi connectivity index (χ2v) is 7.88. The number of rotatable bonds is 6. The molecular weight excluding hydrogens is 360 g/mol. The van der Waals surface area contributed by atoms with Crippen LogP contribution in [0, 0.1) is 19.8 Å². The van der Waals surface area contributed by atoms with Crippen molar-refractivity contribution in [3.8, 4) is 0 Å². The standard InChI is InChI=1S/C20H32N4O4/c1-15-12-19(26)24(21-16(15)2)14-20(27)23-6-5-18(17(13-23)4-3-9-25)22-7-10-28-11-8-22/h12,17-18,25H,3-11,13-14H2,1-2H3/t17-,18+/m1/s1. The Labute approximate surface area is 166 Å². The number of aromatic nitrogens is 2. The van der Waals surface area contributed by atoms with Crippen LogP contribution in [0.4, 0.5) is 0 Å². The number of piperidine rings is 1. The SMILES string of the molecule is Cc1cc(=O)n(CC(=O)N2CC[C@H](N3CCOCC3)[C@H](CCCO)C2)nc1C. The topological polar surface area (TPSA) is 87.9 Å². The summed E-state index contributed by atoms with van der Waals surface area (Å²) >= 11 is 0. The van der Waals surface area contributed by atoms with Crippen LogP contribution in [0.2, 0.25) is 0 Å². The number of carbonyl (C=O) groups is 1. The highest BCUT2D eigenvalue weighted by atomic mass is 16.5. The third-order valence-electron chi connectivity index (χ3n) is 6.02. The third kappa shape index (κ3) is 4.98. The van der Waals surface area contributed by atoms with Crippen LogP contribution in [0.3, 0.4) is 0 Å². The van der Waals surface area contributed by atoms with Crippen molar-refractivity contribution in [3.05, 3.63) is 27.7 Å². The summed E-state index contributed by atoms with van der Waals surface area (Å²) in [5.74, 6) is 0.264. The van der Waals surface area contributed by atoms with Crippen molar-refractivity contribution >= 4 is 5.91 Å². The quantitative estimate of drug-likeness (QED) is 0.743. The number of hydrogen-bond acceptors (Lipinski definition) is 6. The fourth-order valence-electron chi connectivity index (χ4n) is 4.29. The van der Waals surface area contributed by atoms with Gasteiger partial charge < -0.3 is 14.7 Å². The van der Waals surface area contributed by atoms with E-state index in [1.54, 1.807) is 0 Å². The molecule has 3 rings (SSSR count). The second-order valence-electron chi connectivity index (χ2n) is 7.88. The van der Waals surface area contributed by atoms with Crippen LogP contribution in [0.15, 0.2) is 10.9 Å². The number of hydrogen-bond donors (Lipinski definition) is 1. The van der Waals surface area contributed by atoms with E-state index in [4.69, 9.17) is 4.74 Å². The van der Waals surface area contributed by atoms with E-state index >= 15 is 0 Å². The number of amides is 1. The number of carbonyl (C=O) groups excluding carboxylic acids is 1. The largest absolute Gasteiger partial charge is 0.396 e. The van der Waals surface area contributed by atoms with E-state index in [2.05, 4.69) is 10.00 Å². The Hall–Kier alpha value is -1.77. The lowest BCUT2D eigenvalue weighted by Gasteiger charge is -2.45. The van der Waals surface area contributed by atoms with E-state index < -0.39 is 0 Å².